The van der Waals surface area contributed by atoms with Crippen molar-refractivity contribution >= 4 is 29.0 Å². The molecule has 0 fully saturated rings. The first-order valence-electron chi connectivity index (χ1n) is 6.91. The molecule has 0 atom stereocenters. The molecule has 2 aromatic rings. The van der Waals surface area contributed by atoms with Gasteiger partial charge >= 0.3 is 12.2 Å². The number of nitrogens with one attached hydrogen (secondary N) is 3. The summed E-state index contributed by atoms with van der Waals surface area (Å²) >= 11 is 0. The molecule has 0 aromatic heterocycles. The lowest BCUT2D eigenvalue weighted by Gasteiger charge is -2.10. The molecule has 0 aliphatic carbocycles. The van der Waals surface area contributed by atoms with Crippen LogP contribution in [-0.2, 0) is 4.79 Å². The first-order chi connectivity index (χ1) is 11.3. The van der Waals surface area contributed by atoms with Gasteiger partial charge in [0.15, 0.2) is 0 Å². The van der Waals surface area contributed by atoms with E-state index in [0.29, 0.717) is 11.4 Å². The van der Waals surface area contributed by atoms with Crippen molar-refractivity contribution in [2.75, 3.05) is 16.0 Å². The maximum atomic E-state index is 12.1. The number of rotatable bonds is 4. The van der Waals surface area contributed by atoms with Crippen molar-refractivity contribution < 1.29 is 22.8 Å². The standard InChI is InChI=1S/C16H14F3N3O2/c17-16(18,19)10-14(23)20-12-6-8-13(9-7-12)22-15(24)21-11-4-2-1-3-5-11/h1-9H,10H2,(H,20,23)(H2,21,22,24). The Kier molecular flexibility index (Phi) is 5.41. The Morgan fingerprint density at radius 1 is 0.750 bits per heavy atom. The zero-order chi connectivity index (χ0) is 17.6. The zero-order valence-corrected chi connectivity index (χ0v) is 12.4. The van der Waals surface area contributed by atoms with Crippen LogP contribution < -0.4 is 16.0 Å². The van der Waals surface area contributed by atoms with Crippen LogP contribution in [0.4, 0.5) is 35.0 Å². The molecule has 24 heavy (non-hydrogen) atoms. The summed E-state index contributed by atoms with van der Waals surface area (Å²) in [7, 11) is 0. The van der Waals surface area contributed by atoms with Gasteiger partial charge in [0, 0.05) is 17.1 Å². The molecule has 0 unspecified atom stereocenters. The third-order valence-electron chi connectivity index (χ3n) is 2.82. The number of hydrogen-bond acceptors (Lipinski definition) is 2. The number of hydrogen-bond donors (Lipinski definition) is 3. The van der Waals surface area contributed by atoms with E-state index in [4.69, 9.17) is 0 Å². The molecule has 2 aromatic carbocycles. The van der Waals surface area contributed by atoms with Crippen LogP contribution in [0.1, 0.15) is 6.42 Å². The van der Waals surface area contributed by atoms with Crippen LogP contribution in [0.25, 0.3) is 0 Å². The average Bonchev–Trinajstić information content (AvgIpc) is 2.48. The average molecular weight is 337 g/mol. The second kappa shape index (κ2) is 7.49. The van der Waals surface area contributed by atoms with Crippen LogP contribution in [0.5, 0.6) is 0 Å². The predicted octanol–water partition coefficient (Wildman–Crippen LogP) is 4.22. The van der Waals surface area contributed by atoms with Gasteiger partial charge in [0.25, 0.3) is 0 Å². The molecular weight excluding hydrogens is 323 g/mol. The fraction of sp³-hybridized carbons (Fsp3) is 0.125. The van der Waals surface area contributed by atoms with Crippen LogP contribution in [0.15, 0.2) is 54.6 Å². The fourth-order valence-corrected chi connectivity index (χ4v) is 1.84. The van der Waals surface area contributed by atoms with Crippen molar-refractivity contribution in [1.29, 1.82) is 0 Å². The summed E-state index contributed by atoms with van der Waals surface area (Å²) in [5.41, 5.74) is 1.25. The summed E-state index contributed by atoms with van der Waals surface area (Å²) in [6.45, 7) is 0. The summed E-state index contributed by atoms with van der Waals surface area (Å²) in [6, 6.07) is 14.1. The lowest BCUT2D eigenvalue weighted by atomic mass is 10.2. The van der Waals surface area contributed by atoms with Crippen LogP contribution in [0, 0.1) is 0 Å². The topological polar surface area (TPSA) is 70.2 Å². The second-order valence-corrected chi connectivity index (χ2v) is 4.86. The van der Waals surface area contributed by atoms with E-state index in [1.165, 1.54) is 24.3 Å². The third-order valence-corrected chi connectivity index (χ3v) is 2.82. The van der Waals surface area contributed by atoms with Gasteiger partial charge in [-0.05, 0) is 36.4 Å². The Balaban J connectivity index is 1.87. The maximum absolute atomic E-state index is 12.1. The first kappa shape index (κ1) is 17.3. The molecule has 0 radical (unpaired) electrons. The van der Waals surface area contributed by atoms with E-state index in [1.807, 2.05) is 6.07 Å². The van der Waals surface area contributed by atoms with Crippen molar-refractivity contribution in [3.8, 4) is 0 Å². The van der Waals surface area contributed by atoms with Gasteiger partial charge in [-0.1, -0.05) is 18.2 Å². The van der Waals surface area contributed by atoms with Crippen molar-refractivity contribution in [2.45, 2.75) is 12.6 Å². The summed E-state index contributed by atoms with van der Waals surface area (Å²) in [6.07, 6.45) is -6.10. The highest BCUT2D eigenvalue weighted by atomic mass is 19.4. The SMILES string of the molecule is O=C(CC(F)(F)F)Nc1ccc(NC(=O)Nc2ccccc2)cc1. The van der Waals surface area contributed by atoms with E-state index in [9.17, 15) is 22.8 Å². The second-order valence-electron chi connectivity index (χ2n) is 4.86. The molecular formula is C16H14F3N3O2. The summed E-state index contributed by atoms with van der Waals surface area (Å²) in [5, 5.41) is 7.32. The fourth-order valence-electron chi connectivity index (χ4n) is 1.84. The minimum absolute atomic E-state index is 0.207. The molecule has 3 amide bonds. The molecule has 0 spiro atoms. The molecule has 126 valence electrons. The first-order valence-corrected chi connectivity index (χ1v) is 6.91. The van der Waals surface area contributed by atoms with Gasteiger partial charge in [0.2, 0.25) is 5.91 Å². The molecule has 5 nitrogen and oxygen atoms in total. The van der Waals surface area contributed by atoms with Gasteiger partial charge in [-0.25, -0.2) is 4.79 Å². The van der Waals surface area contributed by atoms with Crippen molar-refractivity contribution in [2.24, 2.45) is 0 Å². The minimum atomic E-state index is -4.55. The van der Waals surface area contributed by atoms with E-state index in [-0.39, 0.29) is 5.69 Å². The van der Waals surface area contributed by atoms with Gasteiger partial charge in [-0.15, -0.1) is 0 Å². The summed E-state index contributed by atoms with van der Waals surface area (Å²) in [5.74, 6) is -1.15. The van der Waals surface area contributed by atoms with Crippen LogP contribution in [0.2, 0.25) is 0 Å². The van der Waals surface area contributed by atoms with Gasteiger partial charge in [-0.3, -0.25) is 4.79 Å². The highest BCUT2D eigenvalue weighted by Crippen LogP contribution is 2.21. The van der Waals surface area contributed by atoms with Gasteiger partial charge in [-0.2, -0.15) is 13.2 Å². The van der Waals surface area contributed by atoms with Gasteiger partial charge in [0.1, 0.15) is 6.42 Å². The highest BCUT2D eigenvalue weighted by molar-refractivity contribution is 6.00. The predicted molar refractivity (Wildman–Crippen MR) is 84.8 cm³/mol. The largest absolute Gasteiger partial charge is 0.397 e. The molecule has 8 heteroatoms. The Hall–Kier alpha value is -3.03. The zero-order valence-electron chi connectivity index (χ0n) is 12.4. The number of anilines is 3. The molecule has 3 N–H and O–H groups in total. The van der Waals surface area contributed by atoms with Crippen LogP contribution >= 0.6 is 0 Å². The maximum Gasteiger partial charge on any atom is 0.397 e. The minimum Gasteiger partial charge on any atom is -0.326 e. The number of benzene rings is 2. The van der Waals surface area contributed by atoms with E-state index in [0.717, 1.165) is 0 Å². The molecule has 0 saturated heterocycles. The van der Waals surface area contributed by atoms with Gasteiger partial charge < -0.3 is 16.0 Å². The van der Waals surface area contributed by atoms with E-state index >= 15 is 0 Å². The monoisotopic (exact) mass is 337 g/mol. The smallest absolute Gasteiger partial charge is 0.326 e. The summed E-state index contributed by atoms with van der Waals surface area (Å²) in [4.78, 5) is 23.0. The van der Waals surface area contributed by atoms with Crippen molar-refractivity contribution in [3.63, 3.8) is 0 Å². The molecule has 0 heterocycles. The van der Waals surface area contributed by atoms with Crippen LogP contribution in [-0.4, -0.2) is 18.1 Å². The number of carbonyl (C=O) groups excluding carboxylic acids is 2. The number of halogens is 3. The van der Waals surface area contributed by atoms with Crippen molar-refractivity contribution in [3.05, 3.63) is 54.6 Å². The van der Waals surface area contributed by atoms with Crippen molar-refractivity contribution in [1.82, 2.24) is 0 Å². The molecule has 0 saturated carbocycles. The van der Waals surface area contributed by atoms with E-state index in [1.54, 1.807) is 24.3 Å². The number of carbonyl (C=O) groups is 2. The lowest BCUT2D eigenvalue weighted by molar-refractivity contribution is -0.150. The third kappa shape index (κ3) is 5.99. The Morgan fingerprint density at radius 2 is 1.21 bits per heavy atom. The number of amides is 3. The Bertz CT molecular complexity index is 701. The highest BCUT2D eigenvalue weighted by Gasteiger charge is 2.31. The Labute approximate surface area is 135 Å². The normalized spacial score (nSPS) is 10.8. The number of para-hydroxylation sites is 1. The number of alkyl halides is 3. The van der Waals surface area contributed by atoms with Gasteiger partial charge in [0.05, 0.1) is 0 Å². The number of urea groups is 1. The van der Waals surface area contributed by atoms with E-state index < -0.39 is 24.5 Å². The molecule has 0 aliphatic rings. The van der Waals surface area contributed by atoms with Crippen LogP contribution in [0.3, 0.4) is 0 Å². The lowest BCUT2D eigenvalue weighted by Crippen LogP contribution is -2.21. The Morgan fingerprint density at radius 3 is 1.71 bits per heavy atom. The molecule has 0 aliphatic heterocycles. The van der Waals surface area contributed by atoms with E-state index in [2.05, 4.69) is 16.0 Å². The molecule has 2 rings (SSSR count). The molecule has 0 bridgehead atoms. The summed E-state index contributed by atoms with van der Waals surface area (Å²) < 4.78 is 36.2. The quantitative estimate of drug-likeness (QED) is 0.782.